The Hall–Kier alpha value is -2.53. The molecule has 1 fully saturated rings. The molecule has 0 spiro atoms. The average Bonchev–Trinajstić information content (AvgIpc) is 3.55. The van der Waals surface area contributed by atoms with Gasteiger partial charge < -0.3 is 15.2 Å². The van der Waals surface area contributed by atoms with Crippen LogP contribution in [0.4, 0.5) is 5.13 Å². The summed E-state index contributed by atoms with van der Waals surface area (Å²) < 4.78 is 1.81. The van der Waals surface area contributed by atoms with Gasteiger partial charge >= 0.3 is 0 Å². The number of hydrogen-bond donors (Lipinski definition) is 2. The van der Waals surface area contributed by atoms with E-state index in [1.807, 2.05) is 31.8 Å². The largest absolute Gasteiger partial charge is 0.359 e. The normalized spacial score (nSPS) is 18.6. The molecule has 172 valence electrons. The summed E-state index contributed by atoms with van der Waals surface area (Å²) in [6.07, 6.45) is 10.0. The number of halogens is 1. The van der Waals surface area contributed by atoms with Crippen LogP contribution >= 0.6 is 35.1 Å². The van der Waals surface area contributed by atoms with Crippen LogP contribution in [-0.2, 0) is 7.05 Å². The van der Waals surface area contributed by atoms with Crippen LogP contribution in [0, 0.1) is 0 Å². The van der Waals surface area contributed by atoms with Crippen LogP contribution in [-0.4, -0.2) is 55.4 Å². The van der Waals surface area contributed by atoms with Crippen molar-refractivity contribution in [2.24, 2.45) is 7.05 Å². The Morgan fingerprint density at radius 1 is 1.18 bits per heavy atom. The fraction of sp³-hybridized carbons (Fsp3) is 0.364. The van der Waals surface area contributed by atoms with Crippen LogP contribution in [0.25, 0.3) is 42.4 Å². The number of aryl methyl sites for hydroxylation is 1. The van der Waals surface area contributed by atoms with Crippen molar-refractivity contribution < 1.29 is 0 Å². The van der Waals surface area contributed by atoms with Gasteiger partial charge in [-0.15, -0.1) is 12.4 Å². The minimum atomic E-state index is 0. The van der Waals surface area contributed by atoms with Crippen molar-refractivity contribution >= 4 is 60.8 Å². The van der Waals surface area contributed by atoms with Crippen molar-refractivity contribution in [2.75, 3.05) is 18.5 Å². The molecule has 2 N–H and O–H groups in total. The van der Waals surface area contributed by atoms with Crippen LogP contribution in [0.15, 0.2) is 30.9 Å². The fourth-order valence-electron chi connectivity index (χ4n) is 4.50. The second kappa shape index (κ2) is 8.68. The molecule has 6 rings (SSSR count). The van der Waals surface area contributed by atoms with Gasteiger partial charge in [0.05, 0.1) is 11.7 Å². The van der Waals surface area contributed by atoms with Crippen LogP contribution in [0.3, 0.4) is 0 Å². The Kier molecular flexibility index (Phi) is 5.86. The summed E-state index contributed by atoms with van der Waals surface area (Å²) in [6, 6.07) is 3.15. The Bertz CT molecular complexity index is 1380. The molecule has 1 aliphatic rings. The number of aromatic nitrogens is 6. The van der Waals surface area contributed by atoms with Crippen LogP contribution in [0.2, 0.25) is 0 Å². The van der Waals surface area contributed by atoms with Gasteiger partial charge in [0, 0.05) is 61.3 Å². The molecule has 0 unspecified atom stereocenters. The van der Waals surface area contributed by atoms with Gasteiger partial charge in [-0.1, -0.05) is 22.7 Å². The highest BCUT2D eigenvalue weighted by molar-refractivity contribution is 7.29. The molecule has 0 amide bonds. The Labute approximate surface area is 205 Å². The highest BCUT2D eigenvalue weighted by atomic mass is 35.5. The molecule has 8 nitrogen and oxygen atoms in total. The molecule has 11 heteroatoms. The van der Waals surface area contributed by atoms with Gasteiger partial charge in [-0.2, -0.15) is 5.10 Å². The molecule has 33 heavy (non-hydrogen) atoms. The molecular formula is C22H25ClN8S2. The smallest absolute Gasteiger partial charge is 0.188 e. The van der Waals surface area contributed by atoms with E-state index in [0.29, 0.717) is 12.1 Å². The van der Waals surface area contributed by atoms with Gasteiger partial charge in [-0.3, -0.25) is 9.67 Å². The van der Waals surface area contributed by atoms with Crippen molar-refractivity contribution in [3.05, 3.63) is 30.9 Å². The van der Waals surface area contributed by atoms with Gasteiger partial charge in [0.15, 0.2) is 14.8 Å². The molecule has 2 atom stereocenters. The monoisotopic (exact) mass is 500 g/mol. The predicted octanol–water partition coefficient (Wildman–Crippen LogP) is 4.70. The maximum Gasteiger partial charge on any atom is 0.188 e. The number of piperidine rings is 1. The van der Waals surface area contributed by atoms with E-state index in [2.05, 4.69) is 40.3 Å². The molecule has 6 heterocycles. The third-order valence-corrected chi connectivity index (χ3v) is 8.35. The van der Waals surface area contributed by atoms with E-state index in [0.717, 1.165) is 66.9 Å². The van der Waals surface area contributed by atoms with Crippen molar-refractivity contribution in [3.63, 3.8) is 0 Å². The van der Waals surface area contributed by atoms with Gasteiger partial charge in [0.2, 0.25) is 0 Å². The number of rotatable bonds is 4. The van der Waals surface area contributed by atoms with E-state index in [-0.39, 0.29) is 12.4 Å². The minimum Gasteiger partial charge on any atom is -0.359 e. The van der Waals surface area contributed by atoms with Crippen molar-refractivity contribution in [2.45, 2.75) is 31.8 Å². The lowest BCUT2D eigenvalue weighted by Crippen LogP contribution is -2.45. The van der Waals surface area contributed by atoms with Gasteiger partial charge in [0.1, 0.15) is 10.7 Å². The fourth-order valence-corrected chi connectivity index (χ4v) is 6.58. The number of pyridine rings is 1. The molecule has 0 saturated carbocycles. The van der Waals surface area contributed by atoms with Crippen molar-refractivity contribution in [3.8, 4) is 21.8 Å². The summed E-state index contributed by atoms with van der Waals surface area (Å²) in [5.74, 6) is 0. The minimum absolute atomic E-state index is 0. The molecule has 1 aliphatic heterocycles. The number of anilines is 1. The molecule has 0 bridgehead atoms. The molecule has 0 aliphatic carbocycles. The number of thiazole rings is 2. The lowest BCUT2D eigenvalue weighted by molar-refractivity contribution is 0.371. The number of hydrogen-bond acceptors (Lipinski definition) is 8. The molecular weight excluding hydrogens is 476 g/mol. The third-order valence-electron chi connectivity index (χ3n) is 6.23. The lowest BCUT2D eigenvalue weighted by Gasteiger charge is -2.34. The highest BCUT2D eigenvalue weighted by Gasteiger charge is 2.25. The Balaban J connectivity index is 0.00000228. The molecule has 0 radical (unpaired) electrons. The highest BCUT2D eigenvalue weighted by Crippen LogP contribution is 2.39. The molecule has 0 aromatic carbocycles. The molecule has 5 aromatic heterocycles. The van der Waals surface area contributed by atoms with Gasteiger partial charge in [-0.05, 0) is 32.4 Å². The zero-order chi connectivity index (χ0) is 21.8. The standard InChI is InChI=1S/C22H24N8S2.ClH/c1-12-8-14(4-6-23-12)30(3)22-28-21-20(32-22)27-19(31-21)18-17-15(5-7-24-17)16(10-25-18)13-9-26-29(2)11-13;/h5,7,9-12,14,23-24H,4,6,8H2,1-3H3;1H/t12-,14-;/m0./s1. The van der Waals surface area contributed by atoms with Gasteiger partial charge in [0.25, 0.3) is 0 Å². The first-order valence-corrected chi connectivity index (χ1v) is 12.4. The number of H-pyrrole nitrogens is 1. The lowest BCUT2D eigenvalue weighted by atomic mass is 10.00. The first-order chi connectivity index (χ1) is 15.6. The summed E-state index contributed by atoms with van der Waals surface area (Å²) in [6.45, 7) is 3.31. The van der Waals surface area contributed by atoms with Crippen molar-refractivity contribution in [1.82, 2.24) is 35.0 Å². The molecule has 5 aromatic rings. The third kappa shape index (κ3) is 3.90. The maximum atomic E-state index is 4.93. The van der Waals surface area contributed by atoms with E-state index >= 15 is 0 Å². The van der Waals surface area contributed by atoms with Gasteiger partial charge in [-0.25, -0.2) is 9.97 Å². The van der Waals surface area contributed by atoms with Crippen LogP contribution < -0.4 is 10.2 Å². The number of fused-ring (bicyclic) bond motifs is 2. The Morgan fingerprint density at radius 2 is 2.03 bits per heavy atom. The topological polar surface area (TPSA) is 87.6 Å². The predicted molar refractivity (Wildman–Crippen MR) is 139 cm³/mol. The van der Waals surface area contributed by atoms with Crippen molar-refractivity contribution in [1.29, 1.82) is 0 Å². The van der Waals surface area contributed by atoms with E-state index in [4.69, 9.17) is 15.0 Å². The number of aromatic amines is 1. The zero-order valence-electron chi connectivity index (χ0n) is 18.6. The summed E-state index contributed by atoms with van der Waals surface area (Å²) in [5.41, 5.74) is 3.98. The van der Waals surface area contributed by atoms with Crippen LogP contribution in [0.1, 0.15) is 19.8 Å². The summed E-state index contributed by atoms with van der Waals surface area (Å²) in [7, 11) is 4.08. The average molecular weight is 501 g/mol. The van der Waals surface area contributed by atoms with E-state index < -0.39 is 0 Å². The second-order valence-corrected chi connectivity index (χ2v) is 10.4. The van der Waals surface area contributed by atoms with E-state index in [9.17, 15) is 0 Å². The maximum absolute atomic E-state index is 4.93. The second-order valence-electron chi connectivity index (χ2n) is 8.46. The first-order valence-electron chi connectivity index (χ1n) is 10.8. The zero-order valence-corrected chi connectivity index (χ0v) is 21.0. The number of nitrogens with zero attached hydrogens (tertiary/aromatic N) is 6. The van der Waals surface area contributed by atoms with E-state index in [1.165, 1.54) is 0 Å². The number of nitrogens with one attached hydrogen (secondary N) is 2. The molecule has 1 saturated heterocycles. The first kappa shape index (κ1) is 22.3. The SMILES string of the molecule is C[C@H]1C[C@@H](N(C)c2nc3sc(-c4ncc(-c5cnn(C)c5)c5cc[nH]c45)nc3s2)CCN1.Cl. The summed E-state index contributed by atoms with van der Waals surface area (Å²) in [4.78, 5) is 22.3. The summed E-state index contributed by atoms with van der Waals surface area (Å²) in [5, 5.41) is 10.9. The Morgan fingerprint density at radius 3 is 2.79 bits per heavy atom. The van der Waals surface area contributed by atoms with Crippen LogP contribution in [0.5, 0.6) is 0 Å². The van der Waals surface area contributed by atoms with E-state index in [1.54, 1.807) is 27.4 Å². The quantitative estimate of drug-likeness (QED) is 0.372. The summed E-state index contributed by atoms with van der Waals surface area (Å²) >= 11 is 3.28.